The molecule has 0 bridgehead atoms. The molecule has 0 aromatic carbocycles. The molecule has 3 N–H and O–H groups in total. The number of hydrogen-bond acceptors (Lipinski definition) is 3. The average Bonchev–Trinajstić information content (AvgIpc) is 2.66. The number of amides is 1. The predicted octanol–water partition coefficient (Wildman–Crippen LogP) is 0.655. The summed E-state index contributed by atoms with van der Waals surface area (Å²) in [5.41, 5.74) is 5.42. The molecule has 0 aliphatic heterocycles. The van der Waals surface area contributed by atoms with Crippen LogP contribution in [0, 0.1) is 5.92 Å². The van der Waals surface area contributed by atoms with Gasteiger partial charge in [0.05, 0.1) is 6.10 Å². The zero-order valence-corrected chi connectivity index (χ0v) is 9.66. The lowest BCUT2D eigenvalue weighted by Gasteiger charge is -2.16. The first kappa shape index (κ1) is 12.5. The maximum absolute atomic E-state index is 11.7. The molecule has 3 atom stereocenters. The molecule has 15 heavy (non-hydrogen) atoms. The maximum atomic E-state index is 11.7. The van der Waals surface area contributed by atoms with Crippen molar-refractivity contribution in [3.05, 3.63) is 0 Å². The van der Waals surface area contributed by atoms with E-state index in [-0.39, 0.29) is 11.8 Å². The molecule has 1 saturated carbocycles. The summed E-state index contributed by atoms with van der Waals surface area (Å²) in [7, 11) is 1.73. The quantitative estimate of drug-likeness (QED) is 0.706. The highest BCUT2D eigenvalue weighted by molar-refractivity contribution is 5.78. The summed E-state index contributed by atoms with van der Waals surface area (Å²) in [5, 5.41) is 3.05. The molecular weight excluding hydrogens is 192 g/mol. The van der Waals surface area contributed by atoms with E-state index in [1.807, 2.05) is 6.92 Å². The third-order valence-corrected chi connectivity index (χ3v) is 3.11. The second kappa shape index (κ2) is 6.08. The first-order valence-corrected chi connectivity index (χ1v) is 5.70. The van der Waals surface area contributed by atoms with Gasteiger partial charge < -0.3 is 15.8 Å². The standard InChI is InChI=1S/C11H22N2O2/c1-8(5-6-12)11(14)13-9-3-4-10(7-9)15-2/h8-10H,3-7,12H2,1-2H3,(H,13,14). The minimum Gasteiger partial charge on any atom is -0.381 e. The van der Waals surface area contributed by atoms with E-state index in [2.05, 4.69) is 5.32 Å². The smallest absolute Gasteiger partial charge is 0.223 e. The summed E-state index contributed by atoms with van der Waals surface area (Å²) in [5.74, 6) is 0.152. The summed E-state index contributed by atoms with van der Waals surface area (Å²) >= 11 is 0. The van der Waals surface area contributed by atoms with Crippen molar-refractivity contribution >= 4 is 5.91 Å². The Hall–Kier alpha value is -0.610. The van der Waals surface area contributed by atoms with Crippen molar-refractivity contribution < 1.29 is 9.53 Å². The van der Waals surface area contributed by atoms with Gasteiger partial charge in [-0.1, -0.05) is 6.92 Å². The van der Waals surface area contributed by atoms with Gasteiger partial charge in [0.15, 0.2) is 0 Å². The van der Waals surface area contributed by atoms with E-state index in [4.69, 9.17) is 10.5 Å². The lowest BCUT2D eigenvalue weighted by atomic mass is 10.1. The Balaban J connectivity index is 2.27. The molecule has 1 aliphatic carbocycles. The second-order valence-electron chi connectivity index (χ2n) is 4.35. The highest BCUT2D eigenvalue weighted by atomic mass is 16.5. The third kappa shape index (κ3) is 3.80. The third-order valence-electron chi connectivity index (χ3n) is 3.11. The highest BCUT2D eigenvalue weighted by Gasteiger charge is 2.26. The highest BCUT2D eigenvalue weighted by Crippen LogP contribution is 2.21. The Morgan fingerprint density at radius 2 is 2.33 bits per heavy atom. The normalized spacial score (nSPS) is 27.7. The fourth-order valence-electron chi connectivity index (χ4n) is 2.01. The SMILES string of the molecule is COC1CCC(NC(=O)C(C)CCN)C1. The van der Waals surface area contributed by atoms with Crippen molar-refractivity contribution in [2.75, 3.05) is 13.7 Å². The summed E-state index contributed by atoms with van der Waals surface area (Å²) in [6.07, 6.45) is 4.09. The van der Waals surface area contributed by atoms with E-state index >= 15 is 0 Å². The molecule has 3 unspecified atom stereocenters. The first-order chi connectivity index (χ1) is 7.17. The van der Waals surface area contributed by atoms with Crippen LogP contribution in [0.25, 0.3) is 0 Å². The number of rotatable bonds is 5. The Bertz CT molecular complexity index is 209. The predicted molar refractivity (Wildman–Crippen MR) is 59.4 cm³/mol. The van der Waals surface area contributed by atoms with Crippen molar-refractivity contribution in [3.8, 4) is 0 Å². The van der Waals surface area contributed by atoms with Gasteiger partial charge in [0.1, 0.15) is 0 Å². The van der Waals surface area contributed by atoms with Crippen molar-refractivity contribution in [2.24, 2.45) is 11.7 Å². The van der Waals surface area contributed by atoms with E-state index in [0.29, 0.717) is 18.7 Å². The van der Waals surface area contributed by atoms with Gasteiger partial charge in [0.2, 0.25) is 5.91 Å². The first-order valence-electron chi connectivity index (χ1n) is 5.70. The van der Waals surface area contributed by atoms with Crippen LogP contribution < -0.4 is 11.1 Å². The zero-order valence-electron chi connectivity index (χ0n) is 9.66. The Morgan fingerprint density at radius 3 is 2.87 bits per heavy atom. The minimum absolute atomic E-state index is 0.0246. The molecule has 88 valence electrons. The number of carbonyl (C=O) groups excluding carboxylic acids is 1. The van der Waals surface area contributed by atoms with Gasteiger partial charge in [0, 0.05) is 19.1 Å². The molecular formula is C11H22N2O2. The van der Waals surface area contributed by atoms with Crippen LogP contribution in [0.4, 0.5) is 0 Å². The summed E-state index contributed by atoms with van der Waals surface area (Å²) in [6.45, 7) is 2.49. The summed E-state index contributed by atoms with van der Waals surface area (Å²) in [6, 6.07) is 0.294. The van der Waals surface area contributed by atoms with Crippen LogP contribution in [-0.2, 0) is 9.53 Å². The van der Waals surface area contributed by atoms with Crippen LogP contribution in [-0.4, -0.2) is 31.7 Å². The number of methoxy groups -OCH3 is 1. The lowest BCUT2D eigenvalue weighted by Crippen LogP contribution is -2.37. The Morgan fingerprint density at radius 1 is 1.60 bits per heavy atom. The van der Waals surface area contributed by atoms with Crippen LogP contribution >= 0.6 is 0 Å². The molecule has 0 aromatic heterocycles. The second-order valence-corrected chi connectivity index (χ2v) is 4.35. The molecule has 1 fully saturated rings. The molecule has 0 heterocycles. The van der Waals surface area contributed by atoms with Crippen LogP contribution in [0.1, 0.15) is 32.6 Å². The van der Waals surface area contributed by atoms with Gasteiger partial charge in [-0.25, -0.2) is 0 Å². The molecule has 0 spiro atoms. The lowest BCUT2D eigenvalue weighted by molar-refractivity contribution is -0.125. The van der Waals surface area contributed by atoms with E-state index in [0.717, 1.165) is 25.7 Å². The van der Waals surface area contributed by atoms with Crippen molar-refractivity contribution in [1.29, 1.82) is 0 Å². The van der Waals surface area contributed by atoms with E-state index in [1.54, 1.807) is 7.11 Å². The van der Waals surface area contributed by atoms with Crippen molar-refractivity contribution in [2.45, 2.75) is 44.8 Å². The summed E-state index contributed by atoms with van der Waals surface area (Å²) in [4.78, 5) is 11.7. The van der Waals surface area contributed by atoms with Gasteiger partial charge in [-0.2, -0.15) is 0 Å². The fraction of sp³-hybridized carbons (Fsp3) is 0.909. The molecule has 0 radical (unpaired) electrons. The Kier molecular flexibility index (Phi) is 5.05. The number of hydrogen-bond donors (Lipinski definition) is 2. The summed E-state index contributed by atoms with van der Waals surface area (Å²) < 4.78 is 5.26. The molecule has 4 nitrogen and oxygen atoms in total. The van der Waals surface area contributed by atoms with Gasteiger partial charge in [-0.05, 0) is 32.2 Å². The van der Waals surface area contributed by atoms with Crippen molar-refractivity contribution in [1.82, 2.24) is 5.32 Å². The molecule has 0 saturated heterocycles. The number of carbonyl (C=O) groups is 1. The molecule has 1 amide bonds. The van der Waals surface area contributed by atoms with E-state index < -0.39 is 0 Å². The van der Waals surface area contributed by atoms with E-state index in [1.165, 1.54) is 0 Å². The van der Waals surface area contributed by atoms with Gasteiger partial charge >= 0.3 is 0 Å². The van der Waals surface area contributed by atoms with Gasteiger partial charge in [0.25, 0.3) is 0 Å². The number of nitrogens with one attached hydrogen (secondary N) is 1. The minimum atomic E-state index is 0.0246. The number of nitrogens with two attached hydrogens (primary N) is 1. The number of ether oxygens (including phenoxy) is 1. The molecule has 1 rings (SSSR count). The van der Waals surface area contributed by atoms with Crippen molar-refractivity contribution in [3.63, 3.8) is 0 Å². The average molecular weight is 214 g/mol. The van der Waals surface area contributed by atoms with Crippen LogP contribution in [0.15, 0.2) is 0 Å². The van der Waals surface area contributed by atoms with Crippen LogP contribution in [0.3, 0.4) is 0 Å². The monoisotopic (exact) mass is 214 g/mol. The van der Waals surface area contributed by atoms with Crippen LogP contribution in [0.5, 0.6) is 0 Å². The Labute approximate surface area is 91.5 Å². The fourth-order valence-corrected chi connectivity index (χ4v) is 2.01. The van der Waals surface area contributed by atoms with Crippen LogP contribution in [0.2, 0.25) is 0 Å². The molecule has 4 heteroatoms. The zero-order chi connectivity index (χ0) is 11.3. The molecule has 1 aliphatic rings. The van der Waals surface area contributed by atoms with Gasteiger partial charge in [-0.15, -0.1) is 0 Å². The maximum Gasteiger partial charge on any atom is 0.223 e. The van der Waals surface area contributed by atoms with Gasteiger partial charge in [-0.3, -0.25) is 4.79 Å². The van der Waals surface area contributed by atoms with E-state index in [9.17, 15) is 4.79 Å². The topological polar surface area (TPSA) is 64.3 Å². The molecule has 0 aromatic rings. The largest absolute Gasteiger partial charge is 0.381 e.